The van der Waals surface area contributed by atoms with Crippen LogP contribution in [0.3, 0.4) is 0 Å². The number of phenols is 1. The second-order valence-electron chi connectivity index (χ2n) is 9.29. The fourth-order valence-electron chi connectivity index (χ4n) is 4.72. The normalized spacial score (nSPS) is 23.7. The Kier molecular flexibility index (Phi) is 5.04. The van der Waals surface area contributed by atoms with E-state index in [1.54, 1.807) is 0 Å². The minimum absolute atomic E-state index is 0.0346. The molecule has 0 bridgehead atoms. The van der Waals surface area contributed by atoms with Gasteiger partial charge in [-0.3, -0.25) is 0 Å². The number of allylic oxidation sites excluding steroid dienone is 1. The van der Waals surface area contributed by atoms with E-state index in [0.717, 1.165) is 30.4 Å². The molecule has 0 saturated carbocycles. The number of ether oxygens (including phenoxy) is 1. The molecule has 4 heteroatoms. The highest BCUT2D eigenvalue weighted by molar-refractivity contribution is 5.87. The molecule has 1 aromatic rings. The van der Waals surface area contributed by atoms with Crippen LogP contribution in [0.1, 0.15) is 83.8 Å². The lowest BCUT2D eigenvalue weighted by molar-refractivity contribution is -0.133. The Balaban J connectivity index is 2.06. The molecule has 0 fully saturated rings. The summed E-state index contributed by atoms with van der Waals surface area (Å²) >= 11 is 0. The van der Waals surface area contributed by atoms with E-state index in [2.05, 4.69) is 40.7 Å². The number of aliphatic carboxylic acids is 1. The molecule has 2 aliphatic rings. The van der Waals surface area contributed by atoms with E-state index >= 15 is 0 Å². The molecule has 1 aromatic carbocycles. The lowest BCUT2D eigenvalue weighted by Gasteiger charge is -2.47. The van der Waals surface area contributed by atoms with Crippen molar-refractivity contribution in [1.29, 1.82) is 0 Å². The number of aromatic hydroxyl groups is 1. The van der Waals surface area contributed by atoms with Crippen LogP contribution in [0.4, 0.5) is 0 Å². The molecular weight excluding hydrogens is 340 g/mol. The highest BCUT2D eigenvalue weighted by Gasteiger charge is 2.47. The third-order valence-corrected chi connectivity index (χ3v) is 6.51. The Bertz CT molecular complexity index is 773. The van der Waals surface area contributed by atoms with Gasteiger partial charge in [-0.05, 0) is 56.2 Å². The molecule has 1 aliphatic heterocycles. The van der Waals surface area contributed by atoms with Crippen LogP contribution in [0, 0.1) is 5.92 Å². The molecule has 0 saturated heterocycles. The van der Waals surface area contributed by atoms with Crippen LogP contribution < -0.4 is 4.74 Å². The summed E-state index contributed by atoms with van der Waals surface area (Å²) in [5.41, 5.74) is 1.83. The van der Waals surface area contributed by atoms with Gasteiger partial charge in [-0.15, -0.1) is 0 Å². The van der Waals surface area contributed by atoms with Gasteiger partial charge in [-0.2, -0.15) is 0 Å². The highest BCUT2D eigenvalue weighted by Crippen LogP contribution is 2.55. The number of fused-ring (bicyclic) bond motifs is 3. The van der Waals surface area contributed by atoms with E-state index in [4.69, 9.17) is 4.74 Å². The van der Waals surface area contributed by atoms with Gasteiger partial charge in [-0.25, -0.2) is 4.79 Å². The van der Waals surface area contributed by atoms with Crippen molar-refractivity contribution < 1.29 is 19.7 Å². The predicted octanol–water partition coefficient (Wildman–Crippen LogP) is 5.54. The molecule has 0 spiro atoms. The van der Waals surface area contributed by atoms with Crippen LogP contribution in [0.2, 0.25) is 0 Å². The van der Waals surface area contributed by atoms with Gasteiger partial charge in [0.15, 0.2) is 0 Å². The van der Waals surface area contributed by atoms with Gasteiger partial charge in [-0.1, -0.05) is 39.7 Å². The largest absolute Gasteiger partial charge is 0.508 e. The van der Waals surface area contributed by atoms with Gasteiger partial charge in [0.2, 0.25) is 0 Å². The number of unbranched alkanes of at least 4 members (excludes halogenated alkanes) is 1. The van der Waals surface area contributed by atoms with Crippen molar-refractivity contribution in [2.45, 2.75) is 83.7 Å². The summed E-state index contributed by atoms with van der Waals surface area (Å²) in [5, 5.41) is 20.4. The molecule has 148 valence electrons. The van der Waals surface area contributed by atoms with Gasteiger partial charge in [0.05, 0.1) is 0 Å². The average molecular weight is 373 g/mol. The zero-order chi connectivity index (χ0) is 20.0. The number of hydrogen-bond acceptors (Lipinski definition) is 3. The van der Waals surface area contributed by atoms with E-state index < -0.39 is 11.6 Å². The molecule has 1 heterocycles. The number of rotatable bonds is 5. The molecule has 0 radical (unpaired) electrons. The number of hydrogen-bond donors (Lipinski definition) is 2. The molecule has 2 atom stereocenters. The van der Waals surface area contributed by atoms with Crippen LogP contribution in [0.25, 0.3) is 0 Å². The maximum Gasteiger partial charge on any atom is 0.331 e. The summed E-state index contributed by atoms with van der Waals surface area (Å²) in [7, 11) is 0. The lowest BCUT2D eigenvalue weighted by atomic mass is 9.66. The second-order valence-corrected chi connectivity index (χ2v) is 9.29. The predicted molar refractivity (Wildman–Crippen MR) is 107 cm³/mol. The summed E-state index contributed by atoms with van der Waals surface area (Å²) in [6, 6.07) is 3.94. The summed E-state index contributed by atoms with van der Waals surface area (Å²) in [6.45, 7) is 10.7. The van der Waals surface area contributed by atoms with E-state index in [9.17, 15) is 15.0 Å². The Morgan fingerprint density at radius 3 is 2.67 bits per heavy atom. The molecule has 3 rings (SSSR count). The molecule has 27 heavy (non-hydrogen) atoms. The number of carboxylic acids is 1. The monoisotopic (exact) mass is 372 g/mol. The molecule has 1 aliphatic carbocycles. The molecule has 2 N–H and O–H groups in total. The zero-order valence-corrected chi connectivity index (χ0v) is 17.1. The van der Waals surface area contributed by atoms with Crippen molar-refractivity contribution in [3.05, 3.63) is 34.9 Å². The van der Waals surface area contributed by atoms with E-state index in [-0.39, 0.29) is 23.0 Å². The number of carbonyl (C=O) groups is 1. The summed E-state index contributed by atoms with van der Waals surface area (Å²) in [4.78, 5) is 11.5. The van der Waals surface area contributed by atoms with E-state index in [0.29, 0.717) is 24.2 Å². The van der Waals surface area contributed by atoms with Crippen molar-refractivity contribution in [2.75, 3.05) is 0 Å². The first-order chi connectivity index (χ1) is 12.6. The average Bonchev–Trinajstić information content (AvgIpc) is 2.58. The van der Waals surface area contributed by atoms with Crippen molar-refractivity contribution in [3.8, 4) is 11.5 Å². The van der Waals surface area contributed by atoms with E-state index in [1.807, 2.05) is 12.1 Å². The van der Waals surface area contributed by atoms with Crippen molar-refractivity contribution in [3.63, 3.8) is 0 Å². The Hall–Kier alpha value is -1.97. The zero-order valence-electron chi connectivity index (χ0n) is 17.1. The van der Waals surface area contributed by atoms with Gasteiger partial charge in [0.25, 0.3) is 0 Å². The van der Waals surface area contributed by atoms with Crippen molar-refractivity contribution in [1.82, 2.24) is 0 Å². The maximum atomic E-state index is 11.5. The number of phenolic OH excluding ortho intramolecular Hbond substituents is 1. The summed E-state index contributed by atoms with van der Waals surface area (Å²) in [6.07, 6.45) is 6.22. The quantitative estimate of drug-likeness (QED) is 0.712. The van der Waals surface area contributed by atoms with Crippen LogP contribution in [-0.2, 0) is 10.2 Å². The fraction of sp³-hybridized carbons (Fsp3) is 0.609. The van der Waals surface area contributed by atoms with Gasteiger partial charge < -0.3 is 14.9 Å². The summed E-state index contributed by atoms with van der Waals surface area (Å²) < 4.78 is 6.37. The first-order valence-corrected chi connectivity index (χ1v) is 10.1. The molecule has 4 nitrogen and oxygen atoms in total. The molecule has 0 aromatic heterocycles. The Labute approximate surface area is 162 Å². The third-order valence-electron chi connectivity index (χ3n) is 6.51. The summed E-state index contributed by atoms with van der Waals surface area (Å²) in [5.74, 6) is 0.207. The van der Waals surface area contributed by atoms with E-state index in [1.165, 1.54) is 0 Å². The van der Waals surface area contributed by atoms with Gasteiger partial charge in [0, 0.05) is 23.0 Å². The maximum absolute atomic E-state index is 11.5. The molecule has 0 amide bonds. The van der Waals surface area contributed by atoms with Crippen LogP contribution in [0.5, 0.6) is 11.5 Å². The standard InChI is InChI=1S/C23H32O4/c1-6-7-10-22(2,3)15-12-18(24)20-16-11-14(21(25)26)8-9-17(16)23(4,5)27-19(20)13-15/h8,12-13,16-17,24H,6-7,9-11H2,1-5H3,(H,25,26)/t16-,17-/m1/s1. The van der Waals surface area contributed by atoms with Crippen LogP contribution in [0.15, 0.2) is 23.8 Å². The first kappa shape index (κ1) is 19.8. The Morgan fingerprint density at radius 2 is 2.04 bits per heavy atom. The minimum atomic E-state index is -0.865. The lowest BCUT2D eigenvalue weighted by Crippen LogP contribution is -2.46. The van der Waals surface area contributed by atoms with Gasteiger partial charge in [0.1, 0.15) is 17.1 Å². The number of benzene rings is 1. The number of carboxylic acid groups (broad SMARTS) is 1. The SMILES string of the molecule is CCCCC(C)(C)c1cc(O)c2c(c1)OC(C)(C)[C@@H]1CC=C(C(=O)O)C[C@@H]21. The second kappa shape index (κ2) is 6.88. The highest BCUT2D eigenvalue weighted by atomic mass is 16.5. The third kappa shape index (κ3) is 3.59. The van der Waals surface area contributed by atoms with Crippen molar-refractivity contribution in [2.24, 2.45) is 5.92 Å². The smallest absolute Gasteiger partial charge is 0.331 e. The first-order valence-electron chi connectivity index (χ1n) is 10.1. The van der Waals surface area contributed by atoms with Gasteiger partial charge >= 0.3 is 5.97 Å². The van der Waals surface area contributed by atoms with Crippen molar-refractivity contribution >= 4 is 5.97 Å². The molecular formula is C23H32O4. The molecule has 0 unspecified atom stereocenters. The fourth-order valence-corrected chi connectivity index (χ4v) is 4.72. The van der Waals surface area contributed by atoms with Crippen LogP contribution in [-0.4, -0.2) is 21.8 Å². The minimum Gasteiger partial charge on any atom is -0.508 e. The topological polar surface area (TPSA) is 66.8 Å². The van der Waals surface area contributed by atoms with Crippen LogP contribution >= 0.6 is 0 Å². The Morgan fingerprint density at radius 1 is 1.33 bits per heavy atom.